The van der Waals surface area contributed by atoms with E-state index in [1.807, 2.05) is 64.1 Å². The van der Waals surface area contributed by atoms with Gasteiger partial charge >= 0.3 is 6.09 Å². The number of nitrogens with zero attached hydrogens (tertiary/aromatic N) is 1. The monoisotopic (exact) mass is 388 g/mol. The molecule has 1 N–H and O–H groups in total. The predicted molar refractivity (Wildman–Crippen MR) is 122 cm³/mol. The largest absolute Gasteiger partial charge is 0.443 e. The first-order chi connectivity index (χ1) is 13.7. The molecule has 4 nitrogen and oxygen atoms in total. The molecule has 0 atom stereocenters. The third kappa shape index (κ3) is 4.43. The normalized spacial score (nSPS) is 14.7. The van der Waals surface area contributed by atoms with E-state index in [0.717, 1.165) is 39.0 Å². The molecule has 2 heterocycles. The molecule has 0 aliphatic carbocycles. The first-order valence-corrected chi connectivity index (χ1v) is 9.69. The highest BCUT2D eigenvalue weighted by Gasteiger charge is 2.24. The molecule has 0 saturated carbocycles. The molecule has 29 heavy (non-hydrogen) atoms. The van der Waals surface area contributed by atoms with Crippen LogP contribution < -0.4 is 5.32 Å². The predicted octanol–water partition coefficient (Wildman–Crippen LogP) is 6.07. The minimum absolute atomic E-state index is 0.386. The molecular formula is C25H28N2O2. The third-order valence-electron chi connectivity index (χ3n) is 4.65. The van der Waals surface area contributed by atoms with E-state index < -0.39 is 5.60 Å². The van der Waals surface area contributed by atoms with Crippen LogP contribution in [0.3, 0.4) is 0 Å². The minimum Gasteiger partial charge on any atom is -0.443 e. The van der Waals surface area contributed by atoms with Crippen molar-refractivity contribution in [3.8, 4) is 0 Å². The molecule has 3 rings (SSSR count). The number of fused-ring (bicyclic) bond motifs is 1. The second kappa shape index (κ2) is 8.00. The first-order valence-electron chi connectivity index (χ1n) is 9.69. The zero-order valence-corrected chi connectivity index (χ0v) is 17.6. The Morgan fingerprint density at radius 2 is 2.00 bits per heavy atom. The minimum atomic E-state index is -0.585. The van der Waals surface area contributed by atoms with E-state index >= 15 is 0 Å². The Labute approximate surface area is 172 Å². The molecular weight excluding hydrogens is 360 g/mol. The van der Waals surface area contributed by atoms with Gasteiger partial charge in [-0.25, -0.2) is 9.36 Å². The Kier molecular flexibility index (Phi) is 5.64. The van der Waals surface area contributed by atoms with Crippen molar-refractivity contribution < 1.29 is 9.53 Å². The fourth-order valence-corrected chi connectivity index (χ4v) is 3.32. The zero-order chi connectivity index (χ0) is 21.2. The number of ether oxygens (including phenoxy) is 1. The molecule has 1 aliphatic rings. The van der Waals surface area contributed by atoms with Gasteiger partial charge in [-0.15, -0.1) is 0 Å². The van der Waals surface area contributed by atoms with Crippen molar-refractivity contribution in [2.75, 3.05) is 6.54 Å². The summed E-state index contributed by atoms with van der Waals surface area (Å²) in [5, 5.41) is 4.41. The number of dihydropyridines is 1. The van der Waals surface area contributed by atoms with Gasteiger partial charge in [0.1, 0.15) is 5.60 Å². The average molecular weight is 389 g/mol. The van der Waals surface area contributed by atoms with Gasteiger partial charge in [0.2, 0.25) is 0 Å². The molecule has 0 fully saturated rings. The summed E-state index contributed by atoms with van der Waals surface area (Å²) in [5.41, 5.74) is 5.18. The number of benzene rings is 1. The highest BCUT2D eigenvalue weighted by atomic mass is 16.6. The third-order valence-corrected chi connectivity index (χ3v) is 4.65. The van der Waals surface area contributed by atoms with Crippen LogP contribution >= 0.6 is 0 Å². The number of carbonyl (C=O) groups is 1. The Hall–Kier alpha value is -3.27. The highest BCUT2D eigenvalue weighted by molar-refractivity contribution is 5.96. The van der Waals surface area contributed by atoms with Crippen LogP contribution in [-0.2, 0) is 4.74 Å². The molecule has 150 valence electrons. The van der Waals surface area contributed by atoms with E-state index in [0.29, 0.717) is 6.54 Å². The van der Waals surface area contributed by atoms with Gasteiger partial charge in [0, 0.05) is 17.6 Å². The van der Waals surface area contributed by atoms with E-state index in [9.17, 15) is 4.79 Å². The van der Waals surface area contributed by atoms with E-state index in [-0.39, 0.29) is 6.09 Å². The molecule has 1 aromatic carbocycles. The summed E-state index contributed by atoms with van der Waals surface area (Å²) in [6.07, 6.45) is 9.15. The average Bonchev–Trinajstić information content (AvgIpc) is 3.04. The SMILES string of the molecule is C=C/C=C\C1=C(C)C=C(c2cc3ccc(C=C)cc3n2C(=O)OC(C)(C)C)CN1. The lowest BCUT2D eigenvalue weighted by molar-refractivity contribution is 0.0543. The zero-order valence-electron chi connectivity index (χ0n) is 17.6. The van der Waals surface area contributed by atoms with E-state index in [4.69, 9.17) is 4.74 Å². The number of hydrogen-bond acceptors (Lipinski definition) is 3. The van der Waals surface area contributed by atoms with Crippen molar-refractivity contribution in [3.63, 3.8) is 0 Å². The van der Waals surface area contributed by atoms with Crippen LogP contribution in [0.5, 0.6) is 0 Å². The fraction of sp³-hybridized carbons (Fsp3) is 0.240. The Bertz CT molecular complexity index is 1070. The topological polar surface area (TPSA) is 43.3 Å². The highest BCUT2D eigenvalue weighted by Crippen LogP contribution is 2.30. The lowest BCUT2D eigenvalue weighted by Gasteiger charge is -2.23. The molecule has 0 spiro atoms. The van der Waals surface area contributed by atoms with Gasteiger partial charge in [-0.05, 0) is 62.6 Å². The summed E-state index contributed by atoms with van der Waals surface area (Å²) >= 11 is 0. The maximum Gasteiger partial charge on any atom is 0.419 e. The van der Waals surface area contributed by atoms with E-state index in [1.54, 1.807) is 16.7 Å². The van der Waals surface area contributed by atoms with Crippen LogP contribution in [0.2, 0.25) is 0 Å². The Balaban J connectivity index is 2.17. The molecule has 0 amide bonds. The summed E-state index contributed by atoms with van der Waals surface area (Å²) in [4.78, 5) is 13.1. The molecule has 0 unspecified atom stereocenters. The lowest BCUT2D eigenvalue weighted by Crippen LogP contribution is -2.29. The van der Waals surface area contributed by atoms with Crippen LogP contribution in [0.25, 0.3) is 22.6 Å². The van der Waals surface area contributed by atoms with Gasteiger partial charge in [0.05, 0.1) is 11.2 Å². The number of carbonyl (C=O) groups excluding carboxylic acids is 1. The summed E-state index contributed by atoms with van der Waals surface area (Å²) in [6, 6.07) is 8.01. The molecule has 0 radical (unpaired) electrons. The van der Waals surface area contributed by atoms with Crippen LogP contribution in [0.1, 0.15) is 39.0 Å². The number of allylic oxidation sites excluding steroid dienone is 5. The first kappa shape index (κ1) is 20.5. The second-order valence-electron chi connectivity index (χ2n) is 8.08. The molecule has 2 aromatic rings. The van der Waals surface area contributed by atoms with Gasteiger partial charge in [-0.1, -0.05) is 49.6 Å². The standard InChI is InChI=1S/C25H28N2O2/c1-7-9-10-21-17(3)13-20(16-26-21)23-15-19-12-11-18(8-2)14-22(19)27(23)24(28)29-25(4,5)6/h7-15,26H,1-2,16H2,3-6H3/b10-9-. The van der Waals surface area contributed by atoms with Crippen molar-refractivity contribution in [3.05, 3.63) is 84.3 Å². The van der Waals surface area contributed by atoms with Gasteiger partial charge in [0.25, 0.3) is 0 Å². The number of hydrogen-bond donors (Lipinski definition) is 1. The molecule has 4 heteroatoms. The van der Waals surface area contributed by atoms with Crippen LogP contribution in [-0.4, -0.2) is 22.8 Å². The van der Waals surface area contributed by atoms with Crippen LogP contribution in [0.4, 0.5) is 4.79 Å². The summed E-state index contributed by atoms with van der Waals surface area (Å²) in [7, 11) is 0. The fourth-order valence-electron chi connectivity index (χ4n) is 3.32. The van der Waals surface area contributed by atoms with E-state index in [1.165, 1.54) is 0 Å². The Morgan fingerprint density at radius 3 is 2.62 bits per heavy atom. The van der Waals surface area contributed by atoms with Crippen molar-refractivity contribution in [1.82, 2.24) is 9.88 Å². The summed E-state index contributed by atoms with van der Waals surface area (Å²) in [5.74, 6) is 0. The van der Waals surface area contributed by atoms with Crippen LogP contribution in [0.15, 0.2) is 73.0 Å². The molecule has 0 bridgehead atoms. The quantitative estimate of drug-likeness (QED) is 0.647. The maximum atomic E-state index is 13.1. The van der Waals surface area contributed by atoms with Crippen LogP contribution in [0, 0.1) is 0 Å². The second-order valence-corrected chi connectivity index (χ2v) is 8.08. The van der Waals surface area contributed by atoms with Gasteiger partial charge in [-0.3, -0.25) is 0 Å². The lowest BCUT2D eigenvalue weighted by atomic mass is 10.0. The molecule has 1 aromatic heterocycles. The molecule has 1 aliphatic heterocycles. The number of nitrogens with one attached hydrogen (secondary N) is 1. The molecule has 0 saturated heterocycles. The van der Waals surface area contributed by atoms with Gasteiger partial charge in [-0.2, -0.15) is 0 Å². The summed E-state index contributed by atoms with van der Waals surface area (Å²) < 4.78 is 7.38. The van der Waals surface area contributed by atoms with Gasteiger partial charge < -0.3 is 10.1 Å². The van der Waals surface area contributed by atoms with Gasteiger partial charge in [0.15, 0.2) is 0 Å². The van der Waals surface area contributed by atoms with Crippen molar-refractivity contribution in [2.45, 2.75) is 33.3 Å². The number of rotatable bonds is 4. The Morgan fingerprint density at radius 1 is 1.24 bits per heavy atom. The number of aromatic nitrogens is 1. The van der Waals surface area contributed by atoms with E-state index in [2.05, 4.69) is 24.6 Å². The maximum absolute atomic E-state index is 13.1. The smallest absolute Gasteiger partial charge is 0.419 e. The van der Waals surface area contributed by atoms with Crippen molar-refractivity contribution in [2.24, 2.45) is 0 Å². The van der Waals surface area contributed by atoms with Crippen molar-refractivity contribution in [1.29, 1.82) is 0 Å². The summed E-state index contributed by atoms with van der Waals surface area (Å²) in [6.45, 7) is 15.8. The van der Waals surface area contributed by atoms with Crippen molar-refractivity contribution >= 4 is 28.6 Å².